The second kappa shape index (κ2) is 7.74. The highest BCUT2D eigenvalue weighted by Crippen LogP contribution is 2.33. The Morgan fingerprint density at radius 3 is 2.68 bits per heavy atom. The number of Topliss-reactive ketones (excluding diaryl/α,β-unsaturated/α-hetero) is 1. The maximum atomic E-state index is 12.4. The number of hydrogen-bond acceptors (Lipinski definition) is 4. The fourth-order valence-electron chi connectivity index (χ4n) is 3.08. The van der Waals surface area contributed by atoms with Gasteiger partial charge in [0.25, 0.3) is 0 Å². The summed E-state index contributed by atoms with van der Waals surface area (Å²) in [5.41, 5.74) is 3.70. The van der Waals surface area contributed by atoms with Gasteiger partial charge in [-0.15, -0.1) is 11.3 Å². The van der Waals surface area contributed by atoms with Gasteiger partial charge in [-0.2, -0.15) is 0 Å². The van der Waals surface area contributed by atoms with E-state index in [1.165, 1.54) is 0 Å². The van der Waals surface area contributed by atoms with Crippen molar-refractivity contribution in [3.63, 3.8) is 0 Å². The number of benzene rings is 1. The second-order valence-corrected chi connectivity index (χ2v) is 7.34. The van der Waals surface area contributed by atoms with Crippen LogP contribution >= 0.6 is 11.3 Å². The number of nitrogens with one attached hydrogen (secondary N) is 1. The van der Waals surface area contributed by atoms with Crippen LogP contribution in [0.3, 0.4) is 0 Å². The molecule has 1 aliphatic rings. The van der Waals surface area contributed by atoms with Gasteiger partial charge in [-0.25, -0.2) is 4.98 Å². The molecule has 0 fully saturated rings. The van der Waals surface area contributed by atoms with E-state index < -0.39 is 0 Å². The van der Waals surface area contributed by atoms with Gasteiger partial charge < -0.3 is 5.32 Å². The van der Waals surface area contributed by atoms with Crippen LogP contribution in [0.25, 0.3) is 5.57 Å². The number of carbonyl (C=O) groups excluding carboxylic acids is 2. The van der Waals surface area contributed by atoms with Crippen LogP contribution in [0, 0.1) is 6.92 Å². The molecule has 0 aliphatic heterocycles. The van der Waals surface area contributed by atoms with E-state index >= 15 is 0 Å². The van der Waals surface area contributed by atoms with Gasteiger partial charge in [-0.1, -0.05) is 37.3 Å². The molecule has 2 aromatic rings. The van der Waals surface area contributed by atoms with Crippen molar-refractivity contribution >= 4 is 28.6 Å². The van der Waals surface area contributed by atoms with Crippen LogP contribution in [-0.4, -0.2) is 16.7 Å². The average Bonchev–Trinajstić information content (AvgIpc) is 3.17. The lowest BCUT2D eigenvalue weighted by atomic mass is 10.00. The fourth-order valence-corrected chi connectivity index (χ4v) is 4.03. The number of hydrogen-bond donors (Lipinski definition) is 1. The molecule has 0 bridgehead atoms. The lowest BCUT2D eigenvalue weighted by molar-refractivity contribution is -0.122. The van der Waals surface area contributed by atoms with Crippen LogP contribution in [0.5, 0.6) is 0 Å². The molecule has 25 heavy (non-hydrogen) atoms. The molecule has 1 amide bonds. The summed E-state index contributed by atoms with van der Waals surface area (Å²) in [5.74, 6) is -0.0132. The van der Waals surface area contributed by atoms with Gasteiger partial charge in [-0.05, 0) is 30.9 Å². The van der Waals surface area contributed by atoms with E-state index in [4.69, 9.17) is 0 Å². The van der Waals surface area contributed by atoms with Crippen molar-refractivity contribution in [1.29, 1.82) is 0 Å². The first-order chi connectivity index (χ1) is 12.1. The maximum absolute atomic E-state index is 12.4. The van der Waals surface area contributed by atoms with E-state index in [9.17, 15) is 9.59 Å². The van der Waals surface area contributed by atoms with E-state index in [2.05, 4.69) is 17.2 Å². The van der Waals surface area contributed by atoms with Crippen molar-refractivity contribution in [1.82, 2.24) is 10.3 Å². The van der Waals surface area contributed by atoms with Gasteiger partial charge in [0, 0.05) is 16.9 Å². The number of ketones is 1. The van der Waals surface area contributed by atoms with Crippen LogP contribution < -0.4 is 5.32 Å². The summed E-state index contributed by atoms with van der Waals surface area (Å²) in [4.78, 5) is 30.1. The monoisotopic (exact) mass is 354 g/mol. The summed E-state index contributed by atoms with van der Waals surface area (Å²) < 4.78 is 0. The largest absolute Gasteiger partial charge is 0.351 e. The second-order valence-electron chi connectivity index (χ2n) is 6.17. The van der Waals surface area contributed by atoms with E-state index in [1.807, 2.05) is 37.3 Å². The van der Waals surface area contributed by atoms with E-state index in [0.717, 1.165) is 39.6 Å². The third-order valence-corrected chi connectivity index (χ3v) is 5.75. The van der Waals surface area contributed by atoms with E-state index in [1.54, 1.807) is 11.3 Å². The van der Waals surface area contributed by atoms with Gasteiger partial charge >= 0.3 is 0 Å². The van der Waals surface area contributed by atoms with Crippen molar-refractivity contribution in [3.05, 3.63) is 57.0 Å². The summed E-state index contributed by atoms with van der Waals surface area (Å²) in [6.07, 6.45) is 2.28. The first kappa shape index (κ1) is 17.5. The lowest BCUT2D eigenvalue weighted by Crippen LogP contribution is -2.23. The molecule has 4 nitrogen and oxygen atoms in total. The molecule has 1 aromatic heterocycles. The maximum Gasteiger partial charge on any atom is 0.224 e. The number of amides is 1. The minimum atomic E-state index is -0.107. The average molecular weight is 354 g/mol. The number of aromatic nitrogens is 1. The molecule has 130 valence electrons. The summed E-state index contributed by atoms with van der Waals surface area (Å²) in [5, 5.41) is 4.03. The number of rotatable bonds is 6. The van der Waals surface area contributed by atoms with Crippen molar-refractivity contribution in [2.24, 2.45) is 0 Å². The Balaban J connectivity index is 1.68. The van der Waals surface area contributed by atoms with Crippen molar-refractivity contribution in [3.8, 4) is 0 Å². The molecule has 0 saturated heterocycles. The number of carbonyl (C=O) groups is 2. The standard InChI is InChI=1S/C20H22N2O2S/c1-3-20-22-13(2)18(25-20)12-21-19(24)11-16-15(9-10-17(16)23)14-7-5-4-6-8-14/h4-8H,3,9-12H2,1-2H3,(H,21,24). The Bertz CT molecular complexity index is 821. The topological polar surface area (TPSA) is 59.1 Å². The molecule has 0 atom stereocenters. The molecule has 0 spiro atoms. The lowest BCUT2D eigenvalue weighted by Gasteiger charge is -2.08. The summed E-state index contributed by atoms with van der Waals surface area (Å²) in [7, 11) is 0. The number of thiazole rings is 1. The van der Waals surface area contributed by atoms with Gasteiger partial charge in [0.2, 0.25) is 5.91 Å². The Morgan fingerprint density at radius 2 is 2.00 bits per heavy atom. The Hall–Kier alpha value is -2.27. The van der Waals surface area contributed by atoms with Crippen molar-refractivity contribution < 1.29 is 9.59 Å². The van der Waals surface area contributed by atoms with Crippen LogP contribution in [0.15, 0.2) is 35.9 Å². The van der Waals surface area contributed by atoms with Gasteiger partial charge in [0.05, 0.1) is 23.7 Å². The van der Waals surface area contributed by atoms with Crippen LogP contribution in [0.1, 0.15) is 47.3 Å². The van der Waals surface area contributed by atoms with Gasteiger partial charge in [-0.3, -0.25) is 9.59 Å². The summed E-state index contributed by atoms with van der Waals surface area (Å²) in [6, 6.07) is 9.87. The predicted octanol–water partition coefficient (Wildman–Crippen LogP) is 3.84. The van der Waals surface area contributed by atoms with Gasteiger partial charge in [0.1, 0.15) is 0 Å². The normalized spacial score (nSPS) is 14.2. The molecule has 1 aromatic carbocycles. The fraction of sp³-hybridized carbons (Fsp3) is 0.350. The van der Waals surface area contributed by atoms with Crippen LogP contribution in [-0.2, 0) is 22.6 Å². The highest BCUT2D eigenvalue weighted by molar-refractivity contribution is 7.11. The molecule has 0 radical (unpaired) electrons. The number of allylic oxidation sites excluding steroid dienone is 1. The molecule has 1 heterocycles. The number of nitrogens with zero attached hydrogens (tertiary/aromatic N) is 1. The van der Waals surface area contributed by atoms with E-state index in [-0.39, 0.29) is 18.1 Å². The Labute approximate surface area is 152 Å². The highest BCUT2D eigenvalue weighted by atomic mass is 32.1. The van der Waals surface area contributed by atoms with Crippen molar-refractivity contribution in [2.75, 3.05) is 0 Å². The van der Waals surface area contributed by atoms with Crippen LogP contribution in [0.4, 0.5) is 0 Å². The molecular formula is C20H22N2O2S. The summed E-state index contributed by atoms with van der Waals surface area (Å²) in [6.45, 7) is 4.52. The zero-order valence-electron chi connectivity index (χ0n) is 14.6. The van der Waals surface area contributed by atoms with E-state index in [0.29, 0.717) is 18.5 Å². The molecule has 5 heteroatoms. The predicted molar refractivity (Wildman–Crippen MR) is 100 cm³/mol. The first-order valence-electron chi connectivity index (χ1n) is 8.61. The third-order valence-electron chi connectivity index (χ3n) is 4.45. The number of aryl methyl sites for hydroxylation is 2. The summed E-state index contributed by atoms with van der Waals surface area (Å²) >= 11 is 1.64. The molecule has 0 saturated carbocycles. The Morgan fingerprint density at radius 1 is 1.24 bits per heavy atom. The molecule has 1 N–H and O–H groups in total. The SMILES string of the molecule is CCc1nc(C)c(CNC(=O)CC2=C(c3ccccc3)CCC2=O)s1. The van der Waals surface area contributed by atoms with Crippen LogP contribution in [0.2, 0.25) is 0 Å². The zero-order chi connectivity index (χ0) is 17.8. The molecule has 3 rings (SSSR count). The molecule has 1 aliphatic carbocycles. The molecule has 0 unspecified atom stereocenters. The zero-order valence-corrected chi connectivity index (χ0v) is 15.4. The minimum absolute atomic E-state index is 0.0937. The molecular weight excluding hydrogens is 332 g/mol. The Kier molecular flexibility index (Phi) is 5.43. The smallest absolute Gasteiger partial charge is 0.224 e. The van der Waals surface area contributed by atoms with Crippen molar-refractivity contribution in [2.45, 2.75) is 46.1 Å². The quantitative estimate of drug-likeness (QED) is 0.857. The highest BCUT2D eigenvalue weighted by Gasteiger charge is 2.25. The van der Waals surface area contributed by atoms with Gasteiger partial charge in [0.15, 0.2) is 5.78 Å². The third kappa shape index (κ3) is 4.04. The minimum Gasteiger partial charge on any atom is -0.351 e. The first-order valence-corrected chi connectivity index (χ1v) is 9.42.